The lowest BCUT2D eigenvalue weighted by molar-refractivity contribution is 0.551. The van der Waals surface area contributed by atoms with Crippen LogP contribution in [0.3, 0.4) is 0 Å². The molecule has 0 aliphatic carbocycles. The van der Waals surface area contributed by atoms with Crippen LogP contribution < -0.4 is 5.32 Å². The zero-order valence-electron chi connectivity index (χ0n) is 8.57. The molecule has 78 valence electrons. The molecule has 15 heavy (non-hydrogen) atoms. The minimum Gasteiger partial charge on any atom is -0.339 e. The van der Waals surface area contributed by atoms with E-state index in [1.807, 2.05) is 0 Å². The van der Waals surface area contributed by atoms with Gasteiger partial charge in [-0.25, -0.2) is 15.0 Å². The number of hydrogen-bond donors (Lipinski definition) is 2. The lowest BCUT2D eigenvalue weighted by Gasteiger charge is -2.09. The summed E-state index contributed by atoms with van der Waals surface area (Å²) in [6.45, 7) is 4.30. The van der Waals surface area contributed by atoms with Gasteiger partial charge in [0.2, 0.25) is 0 Å². The van der Waals surface area contributed by atoms with E-state index in [0.29, 0.717) is 11.8 Å². The van der Waals surface area contributed by atoms with Gasteiger partial charge in [-0.15, -0.1) is 0 Å². The molecule has 2 aromatic rings. The fourth-order valence-electron chi connectivity index (χ4n) is 2.13. The molecule has 2 atom stereocenters. The van der Waals surface area contributed by atoms with Crippen molar-refractivity contribution in [1.29, 1.82) is 0 Å². The molecule has 0 radical (unpaired) electrons. The van der Waals surface area contributed by atoms with Gasteiger partial charge in [-0.3, -0.25) is 0 Å². The maximum Gasteiger partial charge on any atom is 0.180 e. The summed E-state index contributed by atoms with van der Waals surface area (Å²) in [6.07, 6.45) is 3.30. The van der Waals surface area contributed by atoms with Gasteiger partial charge in [0.25, 0.3) is 0 Å². The number of aromatic nitrogens is 4. The highest BCUT2D eigenvalue weighted by Gasteiger charge is 2.27. The van der Waals surface area contributed by atoms with Crippen LogP contribution in [-0.4, -0.2) is 33.0 Å². The van der Waals surface area contributed by atoms with Crippen LogP contribution in [0, 0.1) is 5.92 Å². The summed E-state index contributed by atoms with van der Waals surface area (Å²) in [5.41, 5.74) is 1.69. The number of aromatic amines is 1. The van der Waals surface area contributed by atoms with Gasteiger partial charge in [0.15, 0.2) is 5.65 Å². The quantitative estimate of drug-likeness (QED) is 0.715. The van der Waals surface area contributed by atoms with Crippen LogP contribution >= 0.6 is 0 Å². The van der Waals surface area contributed by atoms with Crippen LogP contribution in [0.2, 0.25) is 0 Å². The molecule has 2 N–H and O–H groups in total. The molecule has 1 saturated heterocycles. The van der Waals surface area contributed by atoms with Crippen molar-refractivity contribution in [1.82, 2.24) is 25.3 Å². The number of imidazole rings is 1. The SMILES string of the molecule is CC1CNCC1c1nc2ncncc2[nH]1. The van der Waals surface area contributed by atoms with Crippen LogP contribution in [0.4, 0.5) is 0 Å². The average Bonchev–Trinajstić information content (AvgIpc) is 2.82. The largest absolute Gasteiger partial charge is 0.339 e. The number of H-pyrrole nitrogens is 1. The van der Waals surface area contributed by atoms with E-state index in [0.717, 1.165) is 30.1 Å². The average molecular weight is 203 g/mol. The van der Waals surface area contributed by atoms with Gasteiger partial charge < -0.3 is 10.3 Å². The van der Waals surface area contributed by atoms with E-state index >= 15 is 0 Å². The topological polar surface area (TPSA) is 66.5 Å². The maximum atomic E-state index is 4.50. The van der Waals surface area contributed by atoms with Crippen LogP contribution in [0.5, 0.6) is 0 Å². The van der Waals surface area contributed by atoms with Crippen molar-refractivity contribution in [2.24, 2.45) is 5.92 Å². The molecular weight excluding hydrogens is 190 g/mol. The van der Waals surface area contributed by atoms with Crippen molar-refractivity contribution in [2.45, 2.75) is 12.8 Å². The van der Waals surface area contributed by atoms with Crippen molar-refractivity contribution in [3.8, 4) is 0 Å². The Morgan fingerprint density at radius 1 is 1.40 bits per heavy atom. The Bertz CT molecular complexity index is 444. The second-order valence-corrected chi connectivity index (χ2v) is 4.12. The third-order valence-electron chi connectivity index (χ3n) is 3.05. The van der Waals surface area contributed by atoms with Gasteiger partial charge in [-0.1, -0.05) is 6.92 Å². The molecule has 3 heterocycles. The molecule has 5 heteroatoms. The van der Waals surface area contributed by atoms with Gasteiger partial charge in [0.05, 0.1) is 6.20 Å². The summed E-state index contributed by atoms with van der Waals surface area (Å²) in [7, 11) is 0. The molecule has 5 nitrogen and oxygen atoms in total. The highest BCUT2D eigenvalue weighted by molar-refractivity contribution is 5.68. The van der Waals surface area contributed by atoms with E-state index < -0.39 is 0 Å². The van der Waals surface area contributed by atoms with E-state index in [9.17, 15) is 0 Å². The van der Waals surface area contributed by atoms with Crippen LogP contribution in [0.15, 0.2) is 12.5 Å². The second kappa shape index (κ2) is 3.27. The number of fused-ring (bicyclic) bond motifs is 1. The summed E-state index contributed by atoms with van der Waals surface area (Å²) in [5, 5.41) is 3.37. The monoisotopic (exact) mass is 203 g/mol. The molecule has 0 saturated carbocycles. The fraction of sp³-hybridized carbons (Fsp3) is 0.500. The second-order valence-electron chi connectivity index (χ2n) is 4.12. The summed E-state index contributed by atoms with van der Waals surface area (Å²) < 4.78 is 0. The highest BCUT2D eigenvalue weighted by Crippen LogP contribution is 2.26. The Labute approximate surface area is 87.3 Å². The molecule has 0 bridgehead atoms. The molecule has 3 rings (SSSR count). The summed E-state index contributed by atoms with van der Waals surface area (Å²) >= 11 is 0. The number of hydrogen-bond acceptors (Lipinski definition) is 4. The Hall–Kier alpha value is -1.49. The van der Waals surface area contributed by atoms with Gasteiger partial charge in [0, 0.05) is 12.5 Å². The Kier molecular flexibility index (Phi) is 1.92. The lowest BCUT2D eigenvalue weighted by atomic mass is 9.98. The standard InChI is InChI=1S/C10H13N5/c1-6-2-11-3-7(6)9-14-8-4-12-5-13-10(8)15-9/h4-7,11H,2-3H2,1H3,(H,12,13,14,15). The van der Waals surface area contributed by atoms with Crippen LogP contribution in [-0.2, 0) is 0 Å². The van der Waals surface area contributed by atoms with Crippen molar-refractivity contribution < 1.29 is 0 Å². The van der Waals surface area contributed by atoms with Gasteiger partial charge in [-0.05, 0) is 12.5 Å². The van der Waals surface area contributed by atoms with E-state index in [2.05, 4.69) is 32.2 Å². The van der Waals surface area contributed by atoms with Gasteiger partial charge in [-0.2, -0.15) is 0 Å². The molecule has 1 fully saturated rings. The first-order valence-corrected chi connectivity index (χ1v) is 5.21. The minimum absolute atomic E-state index is 0.471. The summed E-state index contributed by atoms with van der Waals surface area (Å²) in [5.74, 6) is 2.13. The molecule has 2 unspecified atom stereocenters. The zero-order chi connectivity index (χ0) is 10.3. The van der Waals surface area contributed by atoms with Gasteiger partial charge in [0.1, 0.15) is 17.7 Å². The normalized spacial score (nSPS) is 26.2. The molecule has 1 aliphatic heterocycles. The Morgan fingerprint density at radius 3 is 3.07 bits per heavy atom. The summed E-state index contributed by atoms with van der Waals surface area (Å²) in [4.78, 5) is 15.9. The predicted octanol–water partition coefficient (Wildman–Crippen LogP) is 0.676. The molecule has 0 spiro atoms. The molecule has 2 aromatic heterocycles. The maximum absolute atomic E-state index is 4.50. The third kappa shape index (κ3) is 1.39. The van der Waals surface area contributed by atoms with Crippen LogP contribution in [0.1, 0.15) is 18.7 Å². The molecule has 1 aliphatic rings. The van der Waals surface area contributed by atoms with Crippen LogP contribution in [0.25, 0.3) is 11.2 Å². The number of rotatable bonds is 1. The first-order chi connectivity index (χ1) is 7.34. The molecular formula is C10H13N5. The van der Waals surface area contributed by atoms with E-state index in [-0.39, 0.29) is 0 Å². The molecule has 0 amide bonds. The Morgan fingerprint density at radius 2 is 2.33 bits per heavy atom. The van der Waals surface area contributed by atoms with Crippen molar-refractivity contribution in [2.75, 3.05) is 13.1 Å². The third-order valence-corrected chi connectivity index (χ3v) is 3.05. The summed E-state index contributed by atoms with van der Waals surface area (Å²) in [6, 6.07) is 0. The van der Waals surface area contributed by atoms with Crippen molar-refractivity contribution in [3.05, 3.63) is 18.3 Å². The lowest BCUT2D eigenvalue weighted by Crippen LogP contribution is -2.09. The fourth-order valence-corrected chi connectivity index (χ4v) is 2.13. The van der Waals surface area contributed by atoms with E-state index in [4.69, 9.17) is 0 Å². The predicted molar refractivity (Wildman–Crippen MR) is 56.5 cm³/mol. The number of nitrogens with zero attached hydrogens (tertiary/aromatic N) is 3. The smallest absolute Gasteiger partial charge is 0.180 e. The van der Waals surface area contributed by atoms with Crippen molar-refractivity contribution in [3.63, 3.8) is 0 Å². The number of nitrogens with one attached hydrogen (secondary N) is 2. The van der Waals surface area contributed by atoms with E-state index in [1.165, 1.54) is 6.33 Å². The van der Waals surface area contributed by atoms with Gasteiger partial charge >= 0.3 is 0 Å². The van der Waals surface area contributed by atoms with E-state index in [1.54, 1.807) is 6.20 Å². The Balaban J connectivity index is 2.04. The highest BCUT2D eigenvalue weighted by atomic mass is 15.0. The first-order valence-electron chi connectivity index (χ1n) is 5.21. The zero-order valence-corrected chi connectivity index (χ0v) is 8.57. The molecule has 0 aromatic carbocycles. The minimum atomic E-state index is 0.471. The van der Waals surface area contributed by atoms with Crippen molar-refractivity contribution >= 4 is 11.2 Å². The first kappa shape index (κ1) is 8.79.